The Morgan fingerprint density at radius 3 is 1.73 bits per heavy atom. The first kappa shape index (κ1) is 17.9. The molecule has 0 fully saturated rings. The molecule has 3 aromatic carbocycles. The Balaban J connectivity index is 1.59. The molecule has 3 aromatic rings. The van der Waals surface area contributed by atoms with Crippen LogP contribution in [0.5, 0.6) is 5.75 Å². The van der Waals surface area contributed by atoms with Crippen LogP contribution in [-0.4, -0.2) is 12.9 Å². The Kier molecular flexibility index (Phi) is 6.21. The van der Waals surface area contributed by atoms with Crippen molar-refractivity contribution in [3.8, 4) is 16.9 Å². The topological polar surface area (TPSA) is 26.3 Å². The third kappa shape index (κ3) is 4.82. The largest absolute Gasteiger partial charge is 0.494 e. The third-order valence-electron chi connectivity index (χ3n) is 4.43. The summed E-state index contributed by atoms with van der Waals surface area (Å²) < 4.78 is 5.63. The van der Waals surface area contributed by atoms with E-state index in [1.165, 1.54) is 22.3 Å². The highest BCUT2D eigenvalue weighted by Gasteiger charge is 2.01. The lowest BCUT2D eigenvalue weighted by atomic mass is 10.00. The fraction of sp³-hybridized carbons (Fsp3) is 0.208. The number of hydrogen-bond acceptors (Lipinski definition) is 2. The van der Waals surface area contributed by atoms with Gasteiger partial charge in [-0.05, 0) is 53.6 Å². The van der Waals surface area contributed by atoms with Crippen LogP contribution >= 0.6 is 0 Å². The van der Waals surface area contributed by atoms with E-state index in [2.05, 4.69) is 43.3 Å². The molecule has 0 spiro atoms. The molecule has 0 aliphatic heterocycles. The number of aryl methyl sites for hydroxylation is 2. The van der Waals surface area contributed by atoms with Crippen LogP contribution in [-0.2, 0) is 12.8 Å². The van der Waals surface area contributed by atoms with E-state index in [1.807, 2.05) is 36.4 Å². The second kappa shape index (κ2) is 9.00. The Morgan fingerprint density at radius 1 is 0.731 bits per heavy atom. The molecule has 2 nitrogen and oxygen atoms in total. The van der Waals surface area contributed by atoms with Gasteiger partial charge in [-0.3, -0.25) is 4.79 Å². The molecule has 0 atom stereocenters. The summed E-state index contributed by atoms with van der Waals surface area (Å²) in [5.41, 5.74) is 5.71. The van der Waals surface area contributed by atoms with Gasteiger partial charge in [0.1, 0.15) is 12.0 Å². The Labute approximate surface area is 155 Å². The van der Waals surface area contributed by atoms with Gasteiger partial charge >= 0.3 is 0 Å². The number of benzene rings is 3. The predicted molar refractivity (Wildman–Crippen MR) is 107 cm³/mol. The predicted octanol–water partition coefficient (Wildman–Crippen LogP) is 5.74. The summed E-state index contributed by atoms with van der Waals surface area (Å²) in [5, 5.41) is 0. The van der Waals surface area contributed by atoms with E-state index < -0.39 is 0 Å². The van der Waals surface area contributed by atoms with Gasteiger partial charge in [0, 0.05) is 5.56 Å². The van der Waals surface area contributed by atoms with Gasteiger partial charge in [-0.25, -0.2) is 0 Å². The average Bonchev–Trinajstić information content (AvgIpc) is 2.72. The normalized spacial score (nSPS) is 10.5. The SMILES string of the molecule is CCCOc1ccc(-c2ccc(CCc3ccc(C=O)cc3)cc2)cc1. The van der Waals surface area contributed by atoms with Crippen LogP contribution in [0.3, 0.4) is 0 Å². The first-order valence-electron chi connectivity index (χ1n) is 9.15. The van der Waals surface area contributed by atoms with E-state index in [-0.39, 0.29) is 0 Å². The van der Waals surface area contributed by atoms with E-state index in [0.717, 1.165) is 43.5 Å². The van der Waals surface area contributed by atoms with Crippen molar-refractivity contribution in [1.29, 1.82) is 0 Å². The van der Waals surface area contributed by atoms with Crippen LogP contribution in [0.25, 0.3) is 11.1 Å². The van der Waals surface area contributed by atoms with Crippen molar-refractivity contribution in [2.75, 3.05) is 6.61 Å². The highest BCUT2D eigenvalue weighted by Crippen LogP contribution is 2.23. The molecule has 3 rings (SSSR count). The highest BCUT2D eigenvalue weighted by molar-refractivity contribution is 5.74. The Bertz CT molecular complexity index is 816. The molecule has 0 saturated heterocycles. The fourth-order valence-corrected chi connectivity index (χ4v) is 2.88. The first-order valence-corrected chi connectivity index (χ1v) is 9.15. The maximum absolute atomic E-state index is 10.7. The minimum absolute atomic E-state index is 0.726. The Hall–Kier alpha value is -2.87. The lowest BCUT2D eigenvalue weighted by molar-refractivity contribution is 0.112. The quantitative estimate of drug-likeness (QED) is 0.487. The van der Waals surface area contributed by atoms with Crippen molar-refractivity contribution in [2.24, 2.45) is 0 Å². The summed E-state index contributed by atoms with van der Waals surface area (Å²) in [6.07, 6.45) is 3.86. The van der Waals surface area contributed by atoms with Gasteiger partial charge in [0.25, 0.3) is 0 Å². The zero-order chi connectivity index (χ0) is 18.2. The van der Waals surface area contributed by atoms with Gasteiger partial charge in [0.15, 0.2) is 0 Å². The van der Waals surface area contributed by atoms with Crippen LogP contribution in [0.4, 0.5) is 0 Å². The van der Waals surface area contributed by atoms with Gasteiger partial charge in [0.05, 0.1) is 6.61 Å². The van der Waals surface area contributed by atoms with Crippen molar-refractivity contribution in [1.82, 2.24) is 0 Å². The molecule has 132 valence electrons. The molecule has 0 heterocycles. The van der Waals surface area contributed by atoms with Crippen LogP contribution in [0.1, 0.15) is 34.8 Å². The van der Waals surface area contributed by atoms with E-state index in [4.69, 9.17) is 4.74 Å². The molecular weight excluding hydrogens is 320 g/mol. The third-order valence-corrected chi connectivity index (χ3v) is 4.43. The number of aldehydes is 1. The zero-order valence-corrected chi connectivity index (χ0v) is 15.2. The molecule has 0 amide bonds. The minimum atomic E-state index is 0.726. The number of carbonyl (C=O) groups excluding carboxylic acids is 1. The monoisotopic (exact) mass is 344 g/mol. The number of rotatable bonds is 8. The summed E-state index contributed by atoms with van der Waals surface area (Å²) in [5.74, 6) is 0.924. The lowest BCUT2D eigenvalue weighted by Gasteiger charge is -2.07. The Morgan fingerprint density at radius 2 is 1.23 bits per heavy atom. The van der Waals surface area contributed by atoms with Crippen molar-refractivity contribution in [3.63, 3.8) is 0 Å². The summed E-state index contributed by atoms with van der Waals surface area (Å²) in [4.78, 5) is 10.7. The molecule has 0 radical (unpaired) electrons. The van der Waals surface area contributed by atoms with E-state index >= 15 is 0 Å². The van der Waals surface area contributed by atoms with Gasteiger partial charge in [-0.1, -0.05) is 67.6 Å². The fourth-order valence-electron chi connectivity index (χ4n) is 2.88. The van der Waals surface area contributed by atoms with Crippen molar-refractivity contribution in [3.05, 3.63) is 89.5 Å². The van der Waals surface area contributed by atoms with E-state index in [0.29, 0.717) is 0 Å². The summed E-state index contributed by atoms with van der Waals surface area (Å²) in [7, 11) is 0. The average molecular weight is 344 g/mol. The summed E-state index contributed by atoms with van der Waals surface area (Å²) in [6, 6.07) is 24.8. The molecule has 0 unspecified atom stereocenters. The number of ether oxygens (including phenoxy) is 1. The van der Waals surface area contributed by atoms with Crippen molar-refractivity contribution >= 4 is 6.29 Å². The first-order chi connectivity index (χ1) is 12.8. The standard InChI is InChI=1S/C24H24O2/c1-2-17-26-24-15-13-23(14-16-24)22-11-9-20(10-12-22)4-3-19-5-7-21(18-25)8-6-19/h5-16,18H,2-4,17H2,1H3. The lowest BCUT2D eigenvalue weighted by Crippen LogP contribution is -1.94. The van der Waals surface area contributed by atoms with Crippen LogP contribution in [0, 0.1) is 0 Å². The second-order valence-electron chi connectivity index (χ2n) is 6.43. The highest BCUT2D eigenvalue weighted by atomic mass is 16.5. The smallest absolute Gasteiger partial charge is 0.150 e. The van der Waals surface area contributed by atoms with Gasteiger partial charge < -0.3 is 4.74 Å². The molecule has 0 aliphatic rings. The zero-order valence-electron chi connectivity index (χ0n) is 15.2. The summed E-state index contributed by atoms with van der Waals surface area (Å²) >= 11 is 0. The van der Waals surface area contributed by atoms with E-state index in [9.17, 15) is 4.79 Å². The molecule has 0 N–H and O–H groups in total. The van der Waals surface area contributed by atoms with Crippen LogP contribution in [0.2, 0.25) is 0 Å². The van der Waals surface area contributed by atoms with Crippen molar-refractivity contribution < 1.29 is 9.53 Å². The maximum Gasteiger partial charge on any atom is 0.150 e. The molecule has 0 bridgehead atoms. The molecule has 2 heteroatoms. The van der Waals surface area contributed by atoms with Crippen LogP contribution in [0.15, 0.2) is 72.8 Å². The maximum atomic E-state index is 10.7. The molecular formula is C24H24O2. The summed E-state index contributed by atoms with van der Waals surface area (Å²) in [6.45, 7) is 2.86. The molecule has 0 saturated carbocycles. The molecule has 26 heavy (non-hydrogen) atoms. The molecule has 0 aromatic heterocycles. The van der Waals surface area contributed by atoms with E-state index in [1.54, 1.807) is 0 Å². The van der Waals surface area contributed by atoms with Gasteiger partial charge in [-0.2, -0.15) is 0 Å². The number of hydrogen-bond donors (Lipinski definition) is 0. The minimum Gasteiger partial charge on any atom is -0.494 e. The van der Waals surface area contributed by atoms with Crippen molar-refractivity contribution in [2.45, 2.75) is 26.2 Å². The van der Waals surface area contributed by atoms with Crippen LogP contribution < -0.4 is 4.74 Å². The van der Waals surface area contributed by atoms with Gasteiger partial charge in [-0.15, -0.1) is 0 Å². The molecule has 0 aliphatic carbocycles. The van der Waals surface area contributed by atoms with Gasteiger partial charge in [0.2, 0.25) is 0 Å². The second-order valence-corrected chi connectivity index (χ2v) is 6.43. The number of carbonyl (C=O) groups is 1.